The van der Waals surface area contributed by atoms with E-state index in [1.165, 1.54) is 24.5 Å². The van der Waals surface area contributed by atoms with Crippen LogP contribution in [0.5, 0.6) is 5.75 Å². The van der Waals surface area contributed by atoms with Crippen molar-refractivity contribution < 1.29 is 22.4 Å². The molecule has 0 saturated heterocycles. The highest BCUT2D eigenvalue weighted by molar-refractivity contribution is 7.89. The van der Waals surface area contributed by atoms with E-state index in [4.69, 9.17) is 9.15 Å². The molecular weight excluding hydrogens is 416 g/mol. The molecule has 0 aliphatic heterocycles. The van der Waals surface area contributed by atoms with Gasteiger partial charge in [-0.3, -0.25) is 4.79 Å². The normalized spacial score (nSPS) is 11.5. The third-order valence-electron chi connectivity index (χ3n) is 4.56. The van der Waals surface area contributed by atoms with Crippen LogP contribution in [0.2, 0.25) is 0 Å². The number of amides is 1. The molecule has 0 spiro atoms. The molecule has 1 aromatic heterocycles. The average molecular weight is 441 g/mol. The van der Waals surface area contributed by atoms with Crippen LogP contribution in [-0.4, -0.2) is 33.4 Å². The Hall–Kier alpha value is -3.36. The van der Waals surface area contributed by atoms with E-state index in [2.05, 4.69) is 4.72 Å². The average Bonchev–Trinajstić information content (AvgIpc) is 3.30. The smallest absolute Gasteiger partial charge is 0.246 e. The van der Waals surface area contributed by atoms with Crippen LogP contribution >= 0.6 is 0 Å². The van der Waals surface area contributed by atoms with Crippen LogP contribution < -0.4 is 9.46 Å². The molecule has 8 heteroatoms. The van der Waals surface area contributed by atoms with Gasteiger partial charge in [0.15, 0.2) is 0 Å². The van der Waals surface area contributed by atoms with Gasteiger partial charge in [0.05, 0.1) is 24.8 Å². The summed E-state index contributed by atoms with van der Waals surface area (Å²) in [4.78, 5) is 14.1. The maximum absolute atomic E-state index is 12.4. The van der Waals surface area contributed by atoms with E-state index >= 15 is 0 Å². The van der Waals surface area contributed by atoms with Gasteiger partial charge >= 0.3 is 0 Å². The minimum absolute atomic E-state index is 0.0745. The first-order valence-corrected chi connectivity index (χ1v) is 11.0. The first kappa shape index (κ1) is 22.3. The summed E-state index contributed by atoms with van der Waals surface area (Å²) in [6, 6.07) is 17.2. The van der Waals surface area contributed by atoms with Gasteiger partial charge in [-0.05, 0) is 53.6 Å². The van der Waals surface area contributed by atoms with Crippen molar-refractivity contribution in [3.8, 4) is 5.75 Å². The lowest BCUT2D eigenvalue weighted by Crippen LogP contribution is -2.24. The Kier molecular flexibility index (Phi) is 7.28. The summed E-state index contributed by atoms with van der Waals surface area (Å²) in [6.45, 7) is 0.518. The third-order valence-corrected chi connectivity index (χ3v) is 5.97. The van der Waals surface area contributed by atoms with E-state index < -0.39 is 10.0 Å². The number of carbonyl (C=O) groups is 1. The van der Waals surface area contributed by atoms with Crippen molar-refractivity contribution in [2.75, 3.05) is 14.2 Å². The number of ether oxygens (including phenoxy) is 1. The van der Waals surface area contributed by atoms with Crippen LogP contribution in [0.1, 0.15) is 16.9 Å². The van der Waals surface area contributed by atoms with Gasteiger partial charge in [-0.15, -0.1) is 0 Å². The molecule has 0 unspecified atom stereocenters. The summed E-state index contributed by atoms with van der Waals surface area (Å²) in [5, 5.41) is 0. The lowest BCUT2D eigenvalue weighted by Gasteiger charge is -2.15. The number of hydrogen-bond donors (Lipinski definition) is 1. The Bertz CT molecular complexity index is 1140. The van der Waals surface area contributed by atoms with Crippen molar-refractivity contribution in [1.82, 2.24) is 9.62 Å². The maximum atomic E-state index is 12.4. The number of carbonyl (C=O) groups excluding carboxylic acids is 1. The van der Waals surface area contributed by atoms with Crippen molar-refractivity contribution in [1.29, 1.82) is 0 Å². The maximum Gasteiger partial charge on any atom is 0.246 e. The van der Waals surface area contributed by atoms with E-state index in [1.807, 2.05) is 24.3 Å². The summed E-state index contributed by atoms with van der Waals surface area (Å²) in [6.07, 6.45) is 4.59. The number of likely N-dealkylation sites (N-methyl/N-ethyl adjacent to an activating group) is 1. The topological polar surface area (TPSA) is 88.8 Å². The molecule has 162 valence electrons. The Morgan fingerprint density at radius 3 is 2.58 bits per heavy atom. The first-order valence-electron chi connectivity index (χ1n) is 9.55. The number of benzene rings is 2. The zero-order valence-electron chi connectivity index (χ0n) is 17.3. The van der Waals surface area contributed by atoms with Crippen LogP contribution in [0.4, 0.5) is 0 Å². The van der Waals surface area contributed by atoms with Crippen LogP contribution in [0.3, 0.4) is 0 Å². The molecule has 3 aromatic rings. The van der Waals surface area contributed by atoms with Crippen LogP contribution in [-0.2, 0) is 27.9 Å². The van der Waals surface area contributed by atoms with Crippen molar-refractivity contribution in [2.24, 2.45) is 0 Å². The predicted molar refractivity (Wildman–Crippen MR) is 118 cm³/mol. The van der Waals surface area contributed by atoms with Gasteiger partial charge in [0, 0.05) is 19.7 Å². The zero-order valence-corrected chi connectivity index (χ0v) is 18.1. The highest BCUT2D eigenvalue weighted by Crippen LogP contribution is 2.15. The van der Waals surface area contributed by atoms with E-state index in [0.717, 1.165) is 11.3 Å². The standard InChI is InChI=1S/C23H24N2O5S/c1-25(17-19-5-3-6-20(15-19)29-2)23(26)13-10-18-8-11-22(12-9-18)31(27,28)24-16-21-7-4-14-30-21/h3-15,24H,16-17H2,1-2H3/b13-10+. The van der Waals surface area contributed by atoms with Gasteiger partial charge < -0.3 is 14.1 Å². The van der Waals surface area contributed by atoms with Crippen LogP contribution in [0.25, 0.3) is 6.08 Å². The SMILES string of the molecule is COc1cccc(CN(C)C(=O)/C=C/c2ccc(S(=O)(=O)NCc3ccco3)cc2)c1. The number of nitrogens with zero attached hydrogens (tertiary/aromatic N) is 1. The highest BCUT2D eigenvalue weighted by Gasteiger charge is 2.14. The fraction of sp³-hybridized carbons (Fsp3) is 0.174. The van der Waals surface area contributed by atoms with Gasteiger partial charge in [0.1, 0.15) is 11.5 Å². The molecule has 1 amide bonds. The summed E-state index contributed by atoms with van der Waals surface area (Å²) in [5.74, 6) is 1.10. The summed E-state index contributed by atoms with van der Waals surface area (Å²) < 4.78 is 37.6. The van der Waals surface area contributed by atoms with Gasteiger partial charge in [0.2, 0.25) is 15.9 Å². The van der Waals surface area contributed by atoms with Gasteiger partial charge in [-0.2, -0.15) is 0 Å². The molecule has 31 heavy (non-hydrogen) atoms. The molecule has 1 heterocycles. The number of sulfonamides is 1. The number of rotatable bonds is 9. The number of nitrogens with one attached hydrogen (secondary N) is 1. The minimum Gasteiger partial charge on any atom is -0.497 e. The largest absolute Gasteiger partial charge is 0.497 e. The van der Waals surface area contributed by atoms with E-state index in [9.17, 15) is 13.2 Å². The van der Waals surface area contributed by atoms with Crippen molar-refractivity contribution in [2.45, 2.75) is 18.0 Å². The molecule has 2 aromatic carbocycles. The third kappa shape index (κ3) is 6.31. The molecule has 0 atom stereocenters. The second-order valence-electron chi connectivity index (χ2n) is 6.85. The van der Waals surface area contributed by atoms with Crippen molar-refractivity contribution in [3.63, 3.8) is 0 Å². The molecule has 3 rings (SSSR count). The molecule has 0 aliphatic carbocycles. The lowest BCUT2D eigenvalue weighted by atomic mass is 10.2. The Balaban J connectivity index is 1.58. The zero-order chi connectivity index (χ0) is 22.3. The summed E-state index contributed by atoms with van der Waals surface area (Å²) in [5.41, 5.74) is 1.67. The van der Waals surface area contributed by atoms with E-state index in [1.54, 1.807) is 49.4 Å². The van der Waals surface area contributed by atoms with Gasteiger partial charge in [-0.1, -0.05) is 24.3 Å². The fourth-order valence-corrected chi connectivity index (χ4v) is 3.83. The Morgan fingerprint density at radius 2 is 1.90 bits per heavy atom. The number of methoxy groups -OCH3 is 1. The molecule has 1 N–H and O–H groups in total. The quantitative estimate of drug-likeness (QED) is 0.515. The second kappa shape index (κ2) is 10.1. The molecule has 0 fully saturated rings. The number of furan rings is 1. The van der Waals surface area contributed by atoms with Crippen LogP contribution in [0, 0.1) is 0 Å². The molecule has 0 saturated carbocycles. The van der Waals surface area contributed by atoms with Gasteiger partial charge in [-0.25, -0.2) is 13.1 Å². The van der Waals surface area contributed by atoms with E-state index in [0.29, 0.717) is 17.9 Å². The van der Waals surface area contributed by atoms with Crippen LogP contribution in [0.15, 0.2) is 82.3 Å². The summed E-state index contributed by atoms with van der Waals surface area (Å²) in [7, 11) is -0.343. The second-order valence-corrected chi connectivity index (χ2v) is 8.62. The Labute approximate surface area is 182 Å². The first-order chi connectivity index (χ1) is 14.9. The molecular formula is C23H24N2O5S. The van der Waals surface area contributed by atoms with Gasteiger partial charge in [0.25, 0.3) is 0 Å². The molecule has 0 aliphatic rings. The van der Waals surface area contributed by atoms with Crippen molar-refractivity contribution in [3.05, 3.63) is 89.9 Å². The Morgan fingerprint density at radius 1 is 1.13 bits per heavy atom. The highest BCUT2D eigenvalue weighted by atomic mass is 32.2. The monoisotopic (exact) mass is 440 g/mol. The minimum atomic E-state index is -3.66. The predicted octanol–water partition coefficient (Wildman–Crippen LogP) is 3.44. The lowest BCUT2D eigenvalue weighted by molar-refractivity contribution is -0.125. The molecule has 7 nitrogen and oxygen atoms in total. The van der Waals surface area contributed by atoms with Crippen molar-refractivity contribution >= 4 is 22.0 Å². The van der Waals surface area contributed by atoms with E-state index in [-0.39, 0.29) is 17.3 Å². The molecule has 0 bridgehead atoms. The summed E-state index contributed by atoms with van der Waals surface area (Å²) >= 11 is 0. The molecule has 0 radical (unpaired) electrons. The number of hydrogen-bond acceptors (Lipinski definition) is 5. The fourth-order valence-electron chi connectivity index (χ4n) is 2.84.